The van der Waals surface area contributed by atoms with Gasteiger partial charge in [-0.15, -0.1) is 0 Å². The fourth-order valence-corrected chi connectivity index (χ4v) is 7.25. The summed E-state index contributed by atoms with van der Waals surface area (Å²) in [4.78, 5) is 22.6. The van der Waals surface area contributed by atoms with Gasteiger partial charge >= 0.3 is 7.82 Å². The van der Waals surface area contributed by atoms with E-state index in [4.69, 9.17) is 14.8 Å². The first kappa shape index (κ1) is 48.5. The second kappa shape index (κ2) is 37.3. The van der Waals surface area contributed by atoms with E-state index in [1.807, 2.05) is 0 Å². The lowest BCUT2D eigenvalue weighted by Crippen LogP contribution is -2.46. The maximum absolute atomic E-state index is 12.7. The van der Waals surface area contributed by atoms with Crippen LogP contribution in [0.2, 0.25) is 0 Å². The number of amides is 1. The molecule has 0 aromatic heterocycles. The van der Waals surface area contributed by atoms with Crippen LogP contribution in [0.25, 0.3) is 0 Å². The molecule has 49 heavy (non-hydrogen) atoms. The van der Waals surface area contributed by atoms with E-state index >= 15 is 0 Å². The minimum Gasteiger partial charge on any atom is -0.391 e. The van der Waals surface area contributed by atoms with Crippen LogP contribution in [0.4, 0.5) is 0 Å². The van der Waals surface area contributed by atoms with Crippen molar-refractivity contribution in [3.05, 3.63) is 0 Å². The van der Waals surface area contributed by atoms with Crippen molar-refractivity contribution in [1.29, 1.82) is 0 Å². The molecule has 0 aliphatic rings. The summed E-state index contributed by atoms with van der Waals surface area (Å²) in [5.74, 6) is -0.160. The van der Waals surface area contributed by atoms with Crippen LogP contribution >= 0.6 is 7.82 Å². The summed E-state index contributed by atoms with van der Waals surface area (Å²) in [6.07, 6.45) is 38.5. The van der Waals surface area contributed by atoms with Crippen molar-refractivity contribution >= 4 is 13.7 Å². The fourth-order valence-electron chi connectivity index (χ4n) is 6.49. The normalized spacial score (nSPS) is 14.1. The Morgan fingerprint density at radius 3 is 1.31 bits per heavy atom. The van der Waals surface area contributed by atoms with Crippen LogP contribution in [0, 0.1) is 0 Å². The van der Waals surface area contributed by atoms with Crippen molar-refractivity contribution in [2.24, 2.45) is 5.73 Å². The maximum atomic E-state index is 12.7. The van der Waals surface area contributed by atoms with Crippen molar-refractivity contribution < 1.29 is 28.4 Å². The third-order valence-electron chi connectivity index (χ3n) is 9.71. The number of rotatable bonds is 40. The molecule has 9 heteroatoms. The van der Waals surface area contributed by atoms with E-state index in [0.29, 0.717) is 12.8 Å². The zero-order chi connectivity index (χ0) is 36.1. The molecule has 294 valence electrons. The Morgan fingerprint density at radius 2 is 0.939 bits per heavy atom. The number of hydrogen-bond donors (Lipinski definition) is 4. The number of carbonyl (C=O) groups excluding carboxylic acids is 1. The van der Waals surface area contributed by atoms with Crippen molar-refractivity contribution in [2.75, 3.05) is 19.8 Å². The average molecular weight is 719 g/mol. The molecule has 3 atom stereocenters. The standard InChI is InChI=1S/C40H83N2O6P/c1-3-5-7-9-11-13-14-15-16-17-18-19-20-21-22-23-24-25-26-28-30-32-34-40(44)42-38(37-48-49(45,46)47-36-35-41)39(43)33-31-29-27-12-10-8-6-4-2/h38-39,43H,3-37,41H2,1-2H3,(H,42,44)(H,45,46). The number of unbranched alkanes of at least 4 members (excludes halogenated alkanes) is 28. The van der Waals surface area contributed by atoms with Crippen molar-refractivity contribution in [3.8, 4) is 0 Å². The van der Waals surface area contributed by atoms with Crippen LogP contribution in [0.1, 0.15) is 219 Å². The van der Waals surface area contributed by atoms with Gasteiger partial charge in [-0.25, -0.2) is 4.57 Å². The molecule has 1 amide bonds. The molecule has 8 nitrogen and oxygen atoms in total. The van der Waals surface area contributed by atoms with E-state index in [9.17, 15) is 19.4 Å². The summed E-state index contributed by atoms with van der Waals surface area (Å²) >= 11 is 0. The highest BCUT2D eigenvalue weighted by Crippen LogP contribution is 2.43. The molecule has 0 saturated heterocycles. The molecule has 0 fully saturated rings. The Bertz CT molecular complexity index is 744. The number of carbonyl (C=O) groups is 1. The van der Waals surface area contributed by atoms with Crippen LogP contribution < -0.4 is 11.1 Å². The quantitative estimate of drug-likeness (QED) is 0.0366. The number of nitrogens with one attached hydrogen (secondary N) is 1. The Kier molecular flexibility index (Phi) is 36.9. The predicted molar refractivity (Wildman–Crippen MR) is 208 cm³/mol. The van der Waals surface area contributed by atoms with Gasteiger partial charge in [0.25, 0.3) is 0 Å². The van der Waals surface area contributed by atoms with Crippen LogP contribution in [-0.4, -0.2) is 47.8 Å². The highest BCUT2D eigenvalue weighted by Gasteiger charge is 2.27. The first-order chi connectivity index (χ1) is 23.9. The lowest BCUT2D eigenvalue weighted by molar-refractivity contribution is -0.123. The SMILES string of the molecule is CCCCCCCCCCCCCCCCCCCCCCCCC(=O)NC(COP(=O)(O)OCCN)C(O)CCCCCCCCCC. The van der Waals surface area contributed by atoms with Crippen LogP contribution in [0.3, 0.4) is 0 Å². The summed E-state index contributed by atoms with van der Waals surface area (Å²) in [5.41, 5.74) is 5.36. The van der Waals surface area contributed by atoms with Gasteiger partial charge in [-0.1, -0.05) is 200 Å². The van der Waals surface area contributed by atoms with Gasteiger partial charge in [0.05, 0.1) is 25.4 Å². The molecule has 0 spiro atoms. The molecular formula is C40H83N2O6P. The molecule has 0 heterocycles. The van der Waals surface area contributed by atoms with Gasteiger partial charge in [-0.3, -0.25) is 13.8 Å². The molecule has 0 aromatic carbocycles. The molecule has 0 aliphatic carbocycles. The number of phosphoric acid groups is 1. The number of phosphoric ester groups is 1. The van der Waals surface area contributed by atoms with Crippen molar-refractivity contribution in [2.45, 2.75) is 231 Å². The monoisotopic (exact) mass is 719 g/mol. The fraction of sp³-hybridized carbons (Fsp3) is 0.975. The van der Waals surface area contributed by atoms with E-state index in [1.54, 1.807) is 0 Å². The third kappa shape index (κ3) is 35.7. The van der Waals surface area contributed by atoms with Gasteiger partial charge in [-0.05, 0) is 12.8 Å². The molecule has 0 aromatic rings. The maximum Gasteiger partial charge on any atom is 0.472 e. The largest absolute Gasteiger partial charge is 0.472 e. The van der Waals surface area contributed by atoms with Gasteiger partial charge in [0.1, 0.15) is 0 Å². The summed E-state index contributed by atoms with van der Waals surface area (Å²) in [5, 5.41) is 13.7. The highest BCUT2D eigenvalue weighted by molar-refractivity contribution is 7.47. The second-order valence-corrected chi connectivity index (χ2v) is 16.0. The second-order valence-electron chi connectivity index (χ2n) is 14.6. The Labute approximate surface area is 303 Å². The lowest BCUT2D eigenvalue weighted by Gasteiger charge is -2.25. The number of nitrogens with two attached hydrogens (primary N) is 1. The highest BCUT2D eigenvalue weighted by atomic mass is 31.2. The van der Waals surface area contributed by atoms with Crippen LogP contribution in [0.15, 0.2) is 0 Å². The molecule has 0 rings (SSSR count). The lowest BCUT2D eigenvalue weighted by atomic mass is 10.0. The molecule has 0 radical (unpaired) electrons. The predicted octanol–water partition coefficient (Wildman–Crippen LogP) is 11.4. The summed E-state index contributed by atoms with van der Waals surface area (Å²) in [6.45, 7) is 4.19. The van der Waals surface area contributed by atoms with Gasteiger partial charge in [0, 0.05) is 13.0 Å². The van der Waals surface area contributed by atoms with E-state index in [-0.39, 0.29) is 25.7 Å². The third-order valence-corrected chi connectivity index (χ3v) is 10.7. The smallest absolute Gasteiger partial charge is 0.391 e. The summed E-state index contributed by atoms with van der Waals surface area (Å²) < 4.78 is 22.1. The van der Waals surface area contributed by atoms with Gasteiger partial charge in [0.2, 0.25) is 5.91 Å². The van der Waals surface area contributed by atoms with Gasteiger partial charge < -0.3 is 21.1 Å². The zero-order valence-electron chi connectivity index (χ0n) is 32.5. The number of aliphatic hydroxyl groups excluding tert-OH is 1. The number of hydrogen-bond acceptors (Lipinski definition) is 6. The molecular weight excluding hydrogens is 635 g/mol. The average Bonchev–Trinajstić information content (AvgIpc) is 3.09. The van der Waals surface area contributed by atoms with Crippen molar-refractivity contribution in [3.63, 3.8) is 0 Å². The summed E-state index contributed by atoms with van der Waals surface area (Å²) in [6, 6.07) is -0.765. The molecule has 0 aliphatic heterocycles. The molecule has 0 saturated carbocycles. The Morgan fingerprint density at radius 1 is 0.592 bits per heavy atom. The van der Waals surface area contributed by atoms with Crippen molar-refractivity contribution in [1.82, 2.24) is 5.32 Å². The van der Waals surface area contributed by atoms with E-state index in [1.165, 1.54) is 154 Å². The summed E-state index contributed by atoms with van der Waals surface area (Å²) in [7, 11) is -4.30. The topological polar surface area (TPSA) is 131 Å². The molecule has 0 bridgehead atoms. The van der Waals surface area contributed by atoms with Gasteiger partial charge in [-0.2, -0.15) is 0 Å². The minimum atomic E-state index is -4.30. The Hall–Kier alpha value is -0.500. The van der Waals surface area contributed by atoms with E-state index < -0.39 is 20.0 Å². The van der Waals surface area contributed by atoms with Crippen LogP contribution in [0.5, 0.6) is 0 Å². The van der Waals surface area contributed by atoms with E-state index in [0.717, 1.165) is 38.5 Å². The first-order valence-corrected chi connectivity index (χ1v) is 22.6. The zero-order valence-corrected chi connectivity index (χ0v) is 33.3. The van der Waals surface area contributed by atoms with Crippen LogP contribution in [-0.2, 0) is 18.4 Å². The molecule has 5 N–H and O–H groups in total. The van der Waals surface area contributed by atoms with E-state index in [2.05, 4.69) is 19.2 Å². The minimum absolute atomic E-state index is 0.0919. The first-order valence-electron chi connectivity index (χ1n) is 21.2. The number of aliphatic hydroxyl groups is 1. The molecule has 3 unspecified atom stereocenters. The Balaban J connectivity index is 3.94. The van der Waals surface area contributed by atoms with Gasteiger partial charge in [0.15, 0.2) is 0 Å².